The summed E-state index contributed by atoms with van der Waals surface area (Å²) < 4.78 is 7.16. The van der Waals surface area contributed by atoms with E-state index < -0.39 is 11.6 Å². The molecule has 0 saturated carbocycles. The maximum atomic E-state index is 12.4. The summed E-state index contributed by atoms with van der Waals surface area (Å²) in [6, 6.07) is 1.73. The van der Waals surface area contributed by atoms with Crippen LogP contribution in [0.15, 0.2) is 24.8 Å². The highest BCUT2D eigenvalue weighted by atomic mass is 16.6. The van der Waals surface area contributed by atoms with Crippen molar-refractivity contribution in [3.05, 3.63) is 41.7 Å². The molecule has 0 unspecified atom stereocenters. The van der Waals surface area contributed by atoms with Crippen LogP contribution in [-0.2, 0) is 11.3 Å². The van der Waals surface area contributed by atoms with Crippen molar-refractivity contribution >= 4 is 11.9 Å². The van der Waals surface area contributed by atoms with Crippen molar-refractivity contribution in [2.24, 2.45) is 0 Å². The van der Waals surface area contributed by atoms with Crippen molar-refractivity contribution < 1.29 is 14.3 Å². The fraction of sp³-hybridized carbons (Fsp3) is 0.375. The number of hydrogen-bond acceptors (Lipinski definition) is 5. The SMILES string of the molecule is CN1Cc2c(C(=O)OC(C)(C)C)ncn2-c2ccncc2C1=O. The van der Waals surface area contributed by atoms with E-state index in [0.717, 1.165) is 0 Å². The van der Waals surface area contributed by atoms with Crippen LogP contribution in [-0.4, -0.2) is 44.0 Å². The van der Waals surface area contributed by atoms with E-state index in [-0.39, 0.29) is 18.1 Å². The number of rotatable bonds is 1. The number of carbonyl (C=O) groups excluding carboxylic acids is 2. The van der Waals surface area contributed by atoms with Crippen LogP contribution in [0, 0.1) is 0 Å². The molecule has 1 aliphatic rings. The first-order valence-corrected chi connectivity index (χ1v) is 7.27. The number of ether oxygens (including phenoxy) is 1. The van der Waals surface area contributed by atoms with Crippen molar-refractivity contribution in [1.29, 1.82) is 0 Å². The summed E-state index contributed by atoms with van der Waals surface area (Å²) in [6.07, 6.45) is 4.67. The number of esters is 1. The second kappa shape index (κ2) is 5.19. The smallest absolute Gasteiger partial charge is 0.359 e. The van der Waals surface area contributed by atoms with Gasteiger partial charge in [0.05, 0.1) is 23.5 Å². The quantitative estimate of drug-likeness (QED) is 0.750. The second-order valence-corrected chi connectivity index (χ2v) is 6.47. The zero-order valence-electron chi connectivity index (χ0n) is 13.5. The Hall–Kier alpha value is -2.70. The Kier molecular flexibility index (Phi) is 3.43. The average molecular weight is 314 g/mol. The highest BCUT2D eigenvalue weighted by Gasteiger charge is 2.30. The first-order chi connectivity index (χ1) is 10.8. The zero-order valence-corrected chi connectivity index (χ0v) is 13.5. The number of hydrogen-bond donors (Lipinski definition) is 0. The van der Waals surface area contributed by atoms with Gasteiger partial charge in [0.25, 0.3) is 5.91 Å². The number of imidazole rings is 1. The Bertz CT molecular complexity index is 789. The van der Waals surface area contributed by atoms with Gasteiger partial charge < -0.3 is 9.64 Å². The third kappa shape index (κ3) is 2.69. The van der Waals surface area contributed by atoms with Crippen molar-refractivity contribution in [1.82, 2.24) is 19.4 Å². The molecule has 0 fully saturated rings. The van der Waals surface area contributed by atoms with Gasteiger partial charge in [-0.05, 0) is 26.8 Å². The minimum atomic E-state index is -0.609. The van der Waals surface area contributed by atoms with Gasteiger partial charge in [0.2, 0.25) is 0 Å². The number of pyridine rings is 1. The van der Waals surface area contributed by atoms with Crippen LogP contribution in [0.2, 0.25) is 0 Å². The lowest BCUT2D eigenvalue weighted by Gasteiger charge is -2.19. The van der Waals surface area contributed by atoms with Gasteiger partial charge in [-0.1, -0.05) is 0 Å². The van der Waals surface area contributed by atoms with Gasteiger partial charge in [-0.2, -0.15) is 0 Å². The fourth-order valence-electron chi connectivity index (χ4n) is 2.49. The molecule has 7 nitrogen and oxygen atoms in total. The Morgan fingerprint density at radius 2 is 2.09 bits per heavy atom. The van der Waals surface area contributed by atoms with E-state index in [4.69, 9.17) is 4.74 Å². The Morgan fingerprint density at radius 3 is 2.78 bits per heavy atom. The summed E-state index contributed by atoms with van der Waals surface area (Å²) in [6.45, 7) is 5.67. The van der Waals surface area contributed by atoms with Crippen LogP contribution in [0.3, 0.4) is 0 Å². The van der Waals surface area contributed by atoms with Gasteiger partial charge in [-0.3, -0.25) is 14.3 Å². The number of amides is 1. The molecule has 2 aromatic rings. The van der Waals surface area contributed by atoms with Crippen LogP contribution in [0.1, 0.15) is 47.3 Å². The molecule has 7 heteroatoms. The first-order valence-electron chi connectivity index (χ1n) is 7.27. The van der Waals surface area contributed by atoms with Gasteiger partial charge in [0, 0.05) is 19.4 Å². The van der Waals surface area contributed by atoms with Crippen LogP contribution < -0.4 is 0 Å². The van der Waals surface area contributed by atoms with E-state index in [1.54, 1.807) is 51.0 Å². The van der Waals surface area contributed by atoms with E-state index in [0.29, 0.717) is 16.9 Å². The average Bonchev–Trinajstić information content (AvgIpc) is 2.84. The molecule has 0 spiro atoms. The Morgan fingerprint density at radius 1 is 1.35 bits per heavy atom. The topological polar surface area (TPSA) is 77.3 Å². The van der Waals surface area contributed by atoms with E-state index >= 15 is 0 Å². The summed E-state index contributed by atoms with van der Waals surface area (Å²) >= 11 is 0. The molecular formula is C16H18N4O3. The number of fused-ring (bicyclic) bond motifs is 3. The molecule has 2 aromatic heterocycles. The lowest BCUT2D eigenvalue weighted by molar-refractivity contribution is 0.00608. The molecule has 0 bridgehead atoms. The van der Waals surface area contributed by atoms with Crippen molar-refractivity contribution in [2.75, 3.05) is 7.05 Å². The maximum absolute atomic E-state index is 12.4. The maximum Gasteiger partial charge on any atom is 0.359 e. The van der Waals surface area contributed by atoms with Gasteiger partial charge >= 0.3 is 5.97 Å². The molecule has 0 aromatic carbocycles. The molecule has 23 heavy (non-hydrogen) atoms. The normalized spacial score (nSPS) is 14.1. The zero-order chi connectivity index (χ0) is 16.8. The first kappa shape index (κ1) is 15.2. The lowest BCUT2D eigenvalue weighted by atomic mass is 10.2. The molecule has 3 rings (SSSR count). The van der Waals surface area contributed by atoms with Crippen LogP contribution in [0.5, 0.6) is 0 Å². The van der Waals surface area contributed by atoms with Crippen molar-refractivity contribution in [3.8, 4) is 5.69 Å². The van der Waals surface area contributed by atoms with E-state index in [1.807, 2.05) is 0 Å². The monoisotopic (exact) mass is 314 g/mol. The predicted molar refractivity (Wildman–Crippen MR) is 82.3 cm³/mol. The highest BCUT2D eigenvalue weighted by molar-refractivity contribution is 5.98. The molecule has 1 amide bonds. The molecule has 0 N–H and O–H groups in total. The van der Waals surface area contributed by atoms with Crippen molar-refractivity contribution in [3.63, 3.8) is 0 Å². The number of carbonyl (C=O) groups is 2. The summed E-state index contributed by atoms with van der Waals surface area (Å²) in [7, 11) is 1.68. The minimum Gasteiger partial charge on any atom is -0.455 e. The Labute approximate surface area is 133 Å². The summed E-state index contributed by atoms with van der Waals surface area (Å²) in [4.78, 5) is 34.6. The molecule has 120 valence electrons. The number of nitrogens with zero attached hydrogens (tertiary/aromatic N) is 4. The molecular weight excluding hydrogens is 296 g/mol. The molecule has 0 saturated heterocycles. The van der Waals surface area contributed by atoms with E-state index in [9.17, 15) is 9.59 Å². The van der Waals surface area contributed by atoms with Crippen LogP contribution >= 0.6 is 0 Å². The van der Waals surface area contributed by atoms with Crippen LogP contribution in [0.4, 0.5) is 0 Å². The third-order valence-electron chi connectivity index (χ3n) is 3.48. The summed E-state index contributed by atoms with van der Waals surface area (Å²) in [5.41, 5.74) is 1.37. The molecule has 3 heterocycles. The van der Waals surface area contributed by atoms with Gasteiger partial charge in [0.15, 0.2) is 5.69 Å². The van der Waals surface area contributed by atoms with Gasteiger partial charge in [0.1, 0.15) is 11.9 Å². The van der Waals surface area contributed by atoms with E-state index in [1.165, 1.54) is 11.1 Å². The van der Waals surface area contributed by atoms with Gasteiger partial charge in [-0.15, -0.1) is 0 Å². The largest absolute Gasteiger partial charge is 0.455 e. The summed E-state index contributed by atoms with van der Waals surface area (Å²) in [5.74, 6) is -0.642. The van der Waals surface area contributed by atoms with Crippen LogP contribution in [0.25, 0.3) is 5.69 Å². The number of aromatic nitrogens is 3. The highest BCUT2D eigenvalue weighted by Crippen LogP contribution is 2.25. The van der Waals surface area contributed by atoms with Gasteiger partial charge in [-0.25, -0.2) is 9.78 Å². The standard InChI is InChI=1S/C16H18N4O3/c1-16(2,3)23-15(22)13-12-8-19(4)14(21)10-7-17-6-5-11(10)20(12)9-18-13/h5-7,9H,8H2,1-4H3. The molecule has 0 atom stereocenters. The fourth-order valence-corrected chi connectivity index (χ4v) is 2.49. The summed E-state index contributed by atoms with van der Waals surface area (Å²) in [5, 5.41) is 0. The lowest BCUT2D eigenvalue weighted by Crippen LogP contribution is -2.27. The molecule has 1 aliphatic heterocycles. The molecule has 0 radical (unpaired) electrons. The Balaban J connectivity index is 2.12. The van der Waals surface area contributed by atoms with Crippen molar-refractivity contribution in [2.45, 2.75) is 32.9 Å². The predicted octanol–water partition coefficient (Wildman–Crippen LogP) is 1.81. The molecule has 0 aliphatic carbocycles. The third-order valence-corrected chi connectivity index (χ3v) is 3.48. The second-order valence-electron chi connectivity index (χ2n) is 6.47. The minimum absolute atomic E-state index is 0.146. The van der Waals surface area contributed by atoms with E-state index in [2.05, 4.69) is 9.97 Å².